The lowest BCUT2D eigenvalue weighted by Crippen LogP contribution is -2.56. The van der Waals surface area contributed by atoms with Gasteiger partial charge in [-0.25, -0.2) is 4.39 Å². The fourth-order valence-corrected chi connectivity index (χ4v) is 3.00. The molecule has 3 rings (SSSR count). The number of aryl methyl sites for hydroxylation is 1. The molecule has 0 unspecified atom stereocenters. The van der Waals surface area contributed by atoms with Crippen LogP contribution in [0.25, 0.3) is 0 Å². The third-order valence-electron chi connectivity index (χ3n) is 4.31. The van der Waals surface area contributed by atoms with Crippen molar-refractivity contribution in [2.45, 2.75) is 44.6 Å². The lowest BCUT2D eigenvalue weighted by atomic mass is 9.81. The SMILES string of the molecule is Cc1cc(C#N)ccc1F.O=C1CCCC2(CCNCC2)N1. The van der Waals surface area contributed by atoms with Gasteiger partial charge in [0.2, 0.25) is 5.91 Å². The lowest BCUT2D eigenvalue weighted by molar-refractivity contribution is -0.125. The minimum Gasteiger partial charge on any atom is -0.351 e. The summed E-state index contributed by atoms with van der Waals surface area (Å²) in [4.78, 5) is 11.2. The zero-order chi connectivity index (χ0) is 16.0. The summed E-state index contributed by atoms with van der Waals surface area (Å²) < 4.78 is 12.5. The van der Waals surface area contributed by atoms with Crippen LogP contribution in [-0.2, 0) is 4.79 Å². The molecule has 0 saturated carbocycles. The number of nitriles is 1. The first-order valence-electron chi connectivity index (χ1n) is 7.73. The molecule has 2 aliphatic rings. The monoisotopic (exact) mass is 303 g/mol. The number of nitrogens with zero attached hydrogens (tertiary/aromatic N) is 1. The Labute approximate surface area is 130 Å². The number of amides is 1. The number of benzene rings is 1. The Balaban J connectivity index is 0.000000164. The van der Waals surface area contributed by atoms with Gasteiger partial charge in [-0.2, -0.15) is 5.26 Å². The second kappa shape index (κ2) is 7.37. The fraction of sp³-hybridized carbons (Fsp3) is 0.529. The predicted molar refractivity (Wildman–Crippen MR) is 82.7 cm³/mol. The van der Waals surface area contributed by atoms with Crippen molar-refractivity contribution < 1.29 is 9.18 Å². The first-order chi connectivity index (χ1) is 10.5. The average Bonchev–Trinajstić information content (AvgIpc) is 2.51. The highest BCUT2D eigenvalue weighted by atomic mass is 19.1. The summed E-state index contributed by atoms with van der Waals surface area (Å²) in [7, 11) is 0. The second-order valence-corrected chi connectivity index (χ2v) is 6.01. The molecule has 2 aliphatic heterocycles. The number of hydrogen-bond acceptors (Lipinski definition) is 3. The van der Waals surface area contributed by atoms with E-state index in [2.05, 4.69) is 10.6 Å². The molecule has 118 valence electrons. The third kappa shape index (κ3) is 4.28. The Morgan fingerprint density at radius 3 is 2.59 bits per heavy atom. The van der Waals surface area contributed by atoms with E-state index < -0.39 is 0 Å². The lowest BCUT2D eigenvalue weighted by Gasteiger charge is -2.41. The van der Waals surface area contributed by atoms with Crippen LogP contribution in [0.3, 0.4) is 0 Å². The summed E-state index contributed by atoms with van der Waals surface area (Å²) in [6.45, 7) is 3.75. The van der Waals surface area contributed by atoms with Gasteiger partial charge >= 0.3 is 0 Å². The molecule has 22 heavy (non-hydrogen) atoms. The molecule has 0 aliphatic carbocycles. The van der Waals surface area contributed by atoms with E-state index >= 15 is 0 Å². The topological polar surface area (TPSA) is 64.9 Å². The first-order valence-corrected chi connectivity index (χ1v) is 7.73. The van der Waals surface area contributed by atoms with Gasteiger partial charge in [-0.3, -0.25) is 4.79 Å². The van der Waals surface area contributed by atoms with Crippen molar-refractivity contribution in [1.29, 1.82) is 5.26 Å². The largest absolute Gasteiger partial charge is 0.351 e. The van der Waals surface area contributed by atoms with Crippen LogP contribution < -0.4 is 10.6 Å². The van der Waals surface area contributed by atoms with Crippen molar-refractivity contribution in [2.75, 3.05) is 13.1 Å². The summed E-state index contributed by atoms with van der Waals surface area (Å²) in [5.74, 6) is -0.0119. The molecule has 0 radical (unpaired) electrons. The van der Waals surface area contributed by atoms with Gasteiger partial charge < -0.3 is 10.6 Å². The minimum atomic E-state index is -0.265. The molecule has 0 bridgehead atoms. The molecule has 0 atom stereocenters. The number of halogens is 1. The molecule has 5 heteroatoms. The maximum absolute atomic E-state index is 12.5. The molecular formula is C17H22FN3O. The van der Waals surface area contributed by atoms with Crippen LogP contribution >= 0.6 is 0 Å². The summed E-state index contributed by atoms with van der Waals surface area (Å²) >= 11 is 0. The van der Waals surface area contributed by atoms with Crippen LogP contribution in [0.2, 0.25) is 0 Å². The van der Waals surface area contributed by atoms with Crippen LogP contribution in [0, 0.1) is 24.1 Å². The normalized spacial score (nSPS) is 19.6. The Kier molecular flexibility index (Phi) is 5.51. The average molecular weight is 303 g/mol. The van der Waals surface area contributed by atoms with Gasteiger partial charge in [-0.05, 0) is 69.5 Å². The van der Waals surface area contributed by atoms with Gasteiger partial charge in [-0.1, -0.05) is 0 Å². The molecule has 1 aromatic carbocycles. The number of nitrogens with one attached hydrogen (secondary N) is 2. The number of carbonyl (C=O) groups is 1. The maximum atomic E-state index is 12.5. The van der Waals surface area contributed by atoms with Gasteiger partial charge in [0.05, 0.1) is 11.6 Å². The van der Waals surface area contributed by atoms with E-state index in [9.17, 15) is 9.18 Å². The van der Waals surface area contributed by atoms with Crippen molar-refractivity contribution >= 4 is 5.91 Å². The quantitative estimate of drug-likeness (QED) is 0.773. The van der Waals surface area contributed by atoms with Gasteiger partial charge in [0, 0.05) is 12.0 Å². The number of piperidine rings is 2. The predicted octanol–water partition coefficient (Wildman–Crippen LogP) is 2.41. The molecule has 2 N–H and O–H groups in total. The van der Waals surface area contributed by atoms with Crippen LogP contribution in [-0.4, -0.2) is 24.5 Å². The number of rotatable bonds is 0. The summed E-state index contributed by atoms with van der Waals surface area (Å²) in [5, 5.41) is 14.9. The molecule has 1 spiro atoms. The fourth-order valence-electron chi connectivity index (χ4n) is 3.00. The molecule has 4 nitrogen and oxygen atoms in total. The summed E-state index contributed by atoms with van der Waals surface area (Å²) in [5.41, 5.74) is 1.18. The molecule has 2 fully saturated rings. The van der Waals surface area contributed by atoms with Crippen LogP contribution in [0.4, 0.5) is 4.39 Å². The van der Waals surface area contributed by atoms with Crippen LogP contribution in [0.5, 0.6) is 0 Å². The highest BCUT2D eigenvalue weighted by molar-refractivity contribution is 5.77. The Hall–Kier alpha value is -1.93. The molecule has 0 aromatic heterocycles. The molecule has 2 saturated heterocycles. The van der Waals surface area contributed by atoms with Crippen molar-refractivity contribution in [2.24, 2.45) is 0 Å². The standard InChI is InChI=1S/C9H16N2O.C8H6FN/c12-8-2-1-3-9(11-8)4-6-10-7-5-9;1-6-4-7(5-10)2-3-8(6)9/h10H,1-7H2,(H,11,12);2-4H,1H3. The van der Waals surface area contributed by atoms with Gasteiger partial charge in [0.15, 0.2) is 0 Å². The number of hydrogen-bond donors (Lipinski definition) is 2. The summed E-state index contributed by atoms with van der Waals surface area (Å²) in [6.07, 6.45) is 5.21. The molecule has 2 heterocycles. The molecular weight excluding hydrogens is 281 g/mol. The highest BCUT2D eigenvalue weighted by Gasteiger charge is 2.35. The minimum absolute atomic E-state index is 0.167. The van der Waals surface area contributed by atoms with E-state index in [0.717, 1.165) is 38.8 Å². The Morgan fingerprint density at radius 2 is 2.00 bits per heavy atom. The maximum Gasteiger partial charge on any atom is 0.220 e. The van der Waals surface area contributed by atoms with E-state index in [1.165, 1.54) is 24.6 Å². The van der Waals surface area contributed by atoms with Crippen molar-refractivity contribution in [3.8, 4) is 6.07 Å². The van der Waals surface area contributed by atoms with Crippen molar-refractivity contribution in [3.63, 3.8) is 0 Å². The van der Waals surface area contributed by atoms with E-state index in [1.54, 1.807) is 6.92 Å². The van der Waals surface area contributed by atoms with E-state index in [4.69, 9.17) is 5.26 Å². The zero-order valence-electron chi connectivity index (χ0n) is 12.9. The third-order valence-corrected chi connectivity index (χ3v) is 4.31. The number of carbonyl (C=O) groups excluding carboxylic acids is 1. The van der Waals surface area contributed by atoms with Crippen LogP contribution in [0.15, 0.2) is 18.2 Å². The van der Waals surface area contributed by atoms with Crippen molar-refractivity contribution in [1.82, 2.24) is 10.6 Å². The van der Waals surface area contributed by atoms with Gasteiger partial charge in [0.25, 0.3) is 0 Å². The Bertz CT molecular complexity index is 568. The Morgan fingerprint density at radius 1 is 1.27 bits per heavy atom. The van der Waals surface area contributed by atoms with Gasteiger partial charge in [-0.15, -0.1) is 0 Å². The van der Waals surface area contributed by atoms with E-state index in [-0.39, 0.29) is 17.3 Å². The zero-order valence-corrected chi connectivity index (χ0v) is 12.9. The highest BCUT2D eigenvalue weighted by Crippen LogP contribution is 2.27. The van der Waals surface area contributed by atoms with Crippen LogP contribution in [0.1, 0.15) is 43.2 Å². The second-order valence-electron chi connectivity index (χ2n) is 6.01. The van der Waals surface area contributed by atoms with Crippen molar-refractivity contribution in [3.05, 3.63) is 35.1 Å². The molecule has 1 aromatic rings. The molecule has 1 amide bonds. The first kappa shape index (κ1) is 16.4. The van der Waals surface area contributed by atoms with Gasteiger partial charge in [0.1, 0.15) is 5.82 Å². The summed E-state index contributed by atoms with van der Waals surface area (Å²) in [6, 6.07) is 6.21. The van der Waals surface area contributed by atoms with E-state index in [0.29, 0.717) is 11.1 Å². The smallest absolute Gasteiger partial charge is 0.220 e. The van der Waals surface area contributed by atoms with E-state index in [1.807, 2.05) is 6.07 Å².